The topological polar surface area (TPSA) is 75.3 Å². The molecule has 4 nitrogen and oxygen atoms in total. The summed E-state index contributed by atoms with van der Waals surface area (Å²) in [5.41, 5.74) is 4.35. The molecule has 13 heavy (non-hydrogen) atoms. The zero-order valence-electron chi connectivity index (χ0n) is 8.63. The summed E-state index contributed by atoms with van der Waals surface area (Å²) >= 11 is 0. The number of hydrogen-bond acceptors (Lipinski definition) is 3. The molecule has 1 atom stereocenters. The molecule has 0 aromatic heterocycles. The van der Waals surface area contributed by atoms with Gasteiger partial charge in [0.1, 0.15) is 0 Å². The van der Waals surface area contributed by atoms with Crippen LogP contribution in [0, 0.1) is 0 Å². The molecule has 0 aliphatic rings. The Morgan fingerprint density at radius 3 is 2.31 bits per heavy atom. The molecule has 0 heterocycles. The summed E-state index contributed by atoms with van der Waals surface area (Å²) < 4.78 is 0. The lowest BCUT2D eigenvalue weighted by Crippen LogP contribution is -2.47. The summed E-state index contributed by atoms with van der Waals surface area (Å²) in [7, 11) is 0. The average Bonchev–Trinajstić information content (AvgIpc) is 2.13. The largest absolute Gasteiger partial charge is 0.389 e. The lowest BCUT2D eigenvalue weighted by molar-refractivity contribution is -0.119. The maximum atomic E-state index is 10.7. The van der Waals surface area contributed by atoms with Gasteiger partial charge in [0.25, 0.3) is 0 Å². The Kier molecular flexibility index (Phi) is 4.95. The van der Waals surface area contributed by atoms with Gasteiger partial charge in [0.15, 0.2) is 0 Å². The molecule has 0 aliphatic carbocycles. The van der Waals surface area contributed by atoms with Crippen molar-refractivity contribution in [3.8, 4) is 0 Å². The Labute approximate surface area is 79.5 Å². The Bertz CT molecular complexity index is 167. The minimum Gasteiger partial charge on any atom is -0.389 e. The minimum absolute atomic E-state index is 0.385. The van der Waals surface area contributed by atoms with Gasteiger partial charge in [-0.3, -0.25) is 4.79 Å². The summed E-state index contributed by atoms with van der Waals surface area (Å²) in [5, 5.41) is 12.7. The third kappa shape index (κ3) is 4.24. The predicted molar refractivity (Wildman–Crippen MR) is 52.2 cm³/mol. The quantitative estimate of drug-likeness (QED) is 0.549. The van der Waals surface area contributed by atoms with E-state index in [2.05, 4.69) is 5.32 Å². The van der Waals surface area contributed by atoms with Crippen molar-refractivity contribution < 1.29 is 9.90 Å². The summed E-state index contributed by atoms with van der Waals surface area (Å²) in [4.78, 5) is 10.7. The van der Waals surface area contributed by atoms with Gasteiger partial charge in [-0.1, -0.05) is 13.8 Å². The van der Waals surface area contributed by atoms with Crippen LogP contribution >= 0.6 is 0 Å². The van der Waals surface area contributed by atoms with Gasteiger partial charge in [0.2, 0.25) is 5.91 Å². The molecule has 0 saturated heterocycles. The number of amides is 1. The fourth-order valence-corrected chi connectivity index (χ4v) is 0.944. The summed E-state index contributed by atoms with van der Waals surface area (Å²) in [6.45, 7) is 5.93. The van der Waals surface area contributed by atoms with Crippen LogP contribution in [0.5, 0.6) is 0 Å². The minimum atomic E-state index is -0.719. The zero-order chi connectivity index (χ0) is 10.5. The van der Waals surface area contributed by atoms with Crippen molar-refractivity contribution in [1.29, 1.82) is 0 Å². The highest BCUT2D eigenvalue weighted by molar-refractivity contribution is 5.79. The van der Waals surface area contributed by atoms with E-state index in [0.29, 0.717) is 19.4 Å². The van der Waals surface area contributed by atoms with Gasteiger partial charge in [-0.2, -0.15) is 0 Å². The Morgan fingerprint density at radius 2 is 2.00 bits per heavy atom. The summed E-state index contributed by atoms with van der Waals surface area (Å²) in [6.07, 6.45) is 1.34. The predicted octanol–water partition coefficient (Wildman–Crippen LogP) is 0.000900. The molecule has 4 heteroatoms. The van der Waals surface area contributed by atoms with Crippen LogP contribution in [0.3, 0.4) is 0 Å². The van der Waals surface area contributed by atoms with Crippen molar-refractivity contribution in [2.75, 3.05) is 6.54 Å². The highest BCUT2D eigenvalue weighted by Gasteiger charge is 2.23. The molecular weight excluding hydrogens is 168 g/mol. The number of carbonyl (C=O) groups is 1. The Hall–Kier alpha value is -0.610. The molecule has 78 valence electrons. The second-order valence-corrected chi connectivity index (χ2v) is 3.44. The standard InChI is InChI=1S/C9H20N2O2/c1-4-9(13,5-2)6-11-7(3)8(10)12/h7,11,13H,4-6H2,1-3H3,(H2,10,12). The number of nitrogens with two attached hydrogens (primary N) is 1. The van der Waals surface area contributed by atoms with E-state index in [-0.39, 0.29) is 6.04 Å². The lowest BCUT2D eigenvalue weighted by atomic mass is 9.97. The molecule has 4 N–H and O–H groups in total. The van der Waals surface area contributed by atoms with Crippen LogP contribution in [-0.4, -0.2) is 29.2 Å². The van der Waals surface area contributed by atoms with Crippen LogP contribution in [0.2, 0.25) is 0 Å². The molecule has 1 amide bonds. The first-order valence-electron chi connectivity index (χ1n) is 4.70. The lowest BCUT2D eigenvalue weighted by Gasteiger charge is -2.26. The van der Waals surface area contributed by atoms with Gasteiger partial charge in [0.05, 0.1) is 11.6 Å². The molecular formula is C9H20N2O2. The molecule has 0 aromatic rings. The van der Waals surface area contributed by atoms with E-state index in [1.165, 1.54) is 0 Å². The van der Waals surface area contributed by atoms with Crippen molar-refractivity contribution in [3.05, 3.63) is 0 Å². The molecule has 0 saturated carbocycles. The monoisotopic (exact) mass is 188 g/mol. The number of aliphatic hydroxyl groups is 1. The second kappa shape index (κ2) is 5.19. The van der Waals surface area contributed by atoms with Crippen molar-refractivity contribution in [1.82, 2.24) is 5.32 Å². The van der Waals surface area contributed by atoms with E-state index in [1.54, 1.807) is 6.92 Å². The maximum Gasteiger partial charge on any atom is 0.234 e. The number of primary amides is 1. The van der Waals surface area contributed by atoms with Gasteiger partial charge >= 0.3 is 0 Å². The smallest absolute Gasteiger partial charge is 0.234 e. The van der Waals surface area contributed by atoms with Crippen LogP contribution in [-0.2, 0) is 4.79 Å². The molecule has 0 aliphatic heterocycles. The van der Waals surface area contributed by atoms with Gasteiger partial charge < -0.3 is 16.2 Å². The molecule has 0 aromatic carbocycles. The fraction of sp³-hybridized carbons (Fsp3) is 0.889. The van der Waals surface area contributed by atoms with Crippen molar-refractivity contribution >= 4 is 5.91 Å². The first-order valence-corrected chi connectivity index (χ1v) is 4.70. The Morgan fingerprint density at radius 1 is 1.54 bits per heavy atom. The maximum absolute atomic E-state index is 10.7. The fourth-order valence-electron chi connectivity index (χ4n) is 0.944. The van der Waals surface area contributed by atoms with E-state index in [4.69, 9.17) is 5.73 Å². The van der Waals surface area contributed by atoms with E-state index >= 15 is 0 Å². The van der Waals surface area contributed by atoms with E-state index in [9.17, 15) is 9.90 Å². The second-order valence-electron chi connectivity index (χ2n) is 3.44. The molecule has 0 spiro atoms. The number of rotatable bonds is 6. The van der Waals surface area contributed by atoms with Crippen LogP contribution in [0.25, 0.3) is 0 Å². The van der Waals surface area contributed by atoms with Crippen LogP contribution < -0.4 is 11.1 Å². The van der Waals surface area contributed by atoms with E-state index in [1.807, 2.05) is 13.8 Å². The van der Waals surface area contributed by atoms with Gasteiger partial charge in [0, 0.05) is 6.54 Å². The van der Waals surface area contributed by atoms with Gasteiger partial charge in [-0.25, -0.2) is 0 Å². The number of nitrogens with one attached hydrogen (secondary N) is 1. The third-order valence-corrected chi connectivity index (χ3v) is 2.48. The van der Waals surface area contributed by atoms with E-state index in [0.717, 1.165) is 0 Å². The summed E-state index contributed by atoms with van der Waals surface area (Å²) in [5.74, 6) is -0.394. The van der Waals surface area contributed by atoms with Gasteiger partial charge in [-0.15, -0.1) is 0 Å². The first-order chi connectivity index (χ1) is 5.95. The Balaban J connectivity index is 3.92. The molecule has 0 radical (unpaired) electrons. The normalized spacial score (nSPS) is 14.2. The SMILES string of the molecule is CCC(O)(CC)CNC(C)C(N)=O. The third-order valence-electron chi connectivity index (χ3n) is 2.48. The van der Waals surface area contributed by atoms with Gasteiger partial charge in [-0.05, 0) is 19.8 Å². The number of carbonyl (C=O) groups excluding carboxylic acids is 1. The molecule has 0 fully saturated rings. The van der Waals surface area contributed by atoms with Crippen molar-refractivity contribution in [3.63, 3.8) is 0 Å². The zero-order valence-corrected chi connectivity index (χ0v) is 8.63. The van der Waals surface area contributed by atoms with Crippen LogP contribution in [0.1, 0.15) is 33.6 Å². The molecule has 0 bridgehead atoms. The number of hydrogen-bond donors (Lipinski definition) is 3. The first kappa shape index (κ1) is 12.4. The van der Waals surface area contributed by atoms with Crippen molar-refractivity contribution in [2.45, 2.75) is 45.3 Å². The van der Waals surface area contributed by atoms with Crippen LogP contribution in [0.15, 0.2) is 0 Å². The van der Waals surface area contributed by atoms with E-state index < -0.39 is 11.5 Å². The molecule has 1 unspecified atom stereocenters. The highest BCUT2D eigenvalue weighted by Crippen LogP contribution is 2.12. The summed E-state index contributed by atoms with van der Waals surface area (Å²) in [6, 6.07) is -0.385. The van der Waals surface area contributed by atoms with Crippen molar-refractivity contribution in [2.24, 2.45) is 5.73 Å². The average molecular weight is 188 g/mol. The highest BCUT2D eigenvalue weighted by atomic mass is 16.3. The molecule has 0 rings (SSSR count). The van der Waals surface area contributed by atoms with Crippen LogP contribution in [0.4, 0.5) is 0 Å².